The maximum absolute atomic E-state index is 6.32. The molecular weight excluding hydrogens is 234 g/mol. The van der Waals surface area contributed by atoms with Crippen LogP contribution in [0.4, 0.5) is 0 Å². The third-order valence-electron chi connectivity index (χ3n) is 5.91. The summed E-state index contributed by atoms with van der Waals surface area (Å²) in [6.07, 6.45) is 6.48. The summed E-state index contributed by atoms with van der Waals surface area (Å²) in [4.78, 5) is 5.31. The molecule has 1 saturated heterocycles. The van der Waals surface area contributed by atoms with Crippen LogP contribution in [-0.2, 0) is 0 Å². The molecule has 0 spiro atoms. The van der Waals surface area contributed by atoms with Gasteiger partial charge in [-0.25, -0.2) is 0 Å². The molecule has 3 nitrogen and oxygen atoms in total. The Morgan fingerprint density at radius 2 is 1.89 bits per heavy atom. The maximum atomic E-state index is 6.32. The molecule has 0 aromatic rings. The Kier molecular flexibility index (Phi) is 4.59. The highest BCUT2D eigenvalue weighted by Crippen LogP contribution is 2.50. The molecule has 2 aliphatic rings. The molecule has 19 heavy (non-hydrogen) atoms. The minimum atomic E-state index is 0.235. The first kappa shape index (κ1) is 15.3. The molecule has 112 valence electrons. The highest BCUT2D eigenvalue weighted by molar-refractivity contribution is 5.09. The van der Waals surface area contributed by atoms with Crippen molar-refractivity contribution in [3.05, 3.63) is 0 Å². The minimum Gasteiger partial charge on any atom is -0.329 e. The lowest BCUT2D eigenvalue weighted by molar-refractivity contribution is -0.0185. The van der Waals surface area contributed by atoms with Gasteiger partial charge in [0, 0.05) is 31.2 Å². The molecule has 2 unspecified atom stereocenters. The summed E-state index contributed by atoms with van der Waals surface area (Å²) in [5, 5.41) is 0. The SMILES string of the molecule is CCC1CN(C)CCCN1C1(CN)CCCC1(C)C. The molecule has 1 aliphatic heterocycles. The first-order valence-electron chi connectivity index (χ1n) is 8.12. The van der Waals surface area contributed by atoms with Crippen molar-refractivity contribution in [3.8, 4) is 0 Å². The summed E-state index contributed by atoms with van der Waals surface area (Å²) in [5.41, 5.74) is 6.92. The molecule has 3 heteroatoms. The number of rotatable bonds is 3. The highest BCUT2D eigenvalue weighted by atomic mass is 15.3. The maximum Gasteiger partial charge on any atom is 0.0386 e. The Bertz CT molecular complexity index is 302. The second kappa shape index (κ2) is 5.71. The average molecular weight is 267 g/mol. The van der Waals surface area contributed by atoms with E-state index < -0.39 is 0 Å². The van der Waals surface area contributed by atoms with Crippen LogP contribution < -0.4 is 5.73 Å². The van der Waals surface area contributed by atoms with E-state index in [1.165, 1.54) is 51.7 Å². The van der Waals surface area contributed by atoms with Crippen molar-refractivity contribution in [1.82, 2.24) is 9.80 Å². The summed E-state index contributed by atoms with van der Waals surface area (Å²) in [6, 6.07) is 0.674. The Balaban J connectivity index is 2.30. The Hall–Kier alpha value is -0.120. The summed E-state index contributed by atoms with van der Waals surface area (Å²) < 4.78 is 0. The highest BCUT2D eigenvalue weighted by Gasteiger charge is 2.53. The van der Waals surface area contributed by atoms with Gasteiger partial charge in [0.2, 0.25) is 0 Å². The van der Waals surface area contributed by atoms with Crippen molar-refractivity contribution in [3.63, 3.8) is 0 Å². The first-order valence-corrected chi connectivity index (χ1v) is 8.12. The van der Waals surface area contributed by atoms with Crippen LogP contribution in [0.5, 0.6) is 0 Å². The smallest absolute Gasteiger partial charge is 0.0386 e. The van der Waals surface area contributed by atoms with E-state index in [4.69, 9.17) is 5.73 Å². The second-order valence-corrected chi connectivity index (χ2v) is 7.34. The van der Waals surface area contributed by atoms with Crippen LogP contribution in [0.1, 0.15) is 52.9 Å². The lowest BCUT2D eigenvalue weighted by atomic mass is 9.72. The quantitative estimate of drug-likeness (QED) is 0.852. The summed E-state index contributed by atoms with van der Waals surface area (Å²) >= 11 is 0. The Morgan fingerprint density at radius 3 is 2.42 bits per heavy atom. The average Bonchev–Trinajstić information content (AvgIpc) is 2.55. The first-order chi connectivity index (χ1) is 8.97. The Labute approximate surface area is 119 Å². The van der Waals surface area contributed by atoms with Gasteiger partial charge in [-0.1, -0.05) is 27.2 Å². The van der Waals surface area contributed by atoms with Gasteiger partial charge in [-0.15, -0.1) is 0 Å². The minimum absolute atomic E-state index is 0.235. The summed E-state index contributed by atoms with van der Waals surface area (Å²) in [7, 11) is 2.26. The number of nitrogens with two attached hydrogens (primary N) is 1. The predicted molar refractivity (Wildman–Crippen MR) is 82.3 cm³/mol. The molecule has 1 heterocycles. The molecule has 2 rings (SSSR count). The van der Waals surface area contributed by atoms with E-state index >= 15 is 0 Å². The van der Waals surface area contributed by atoms with Crippen molar-refractivity contribution in [1.29, 1.82) is 0 Å². The fourth-order valence-corrected chi connectivity index (χ4v) is 4.58. The normalized spacial score (nSPS) is 37.4. The van der Waals surface area contributed by atoms with Crippen LogP contribution in [0.15, 0.2) is 0 Å². The van der Waals surface area contributed by atoms with Crippen LogP contribution in [0.2, 0.25) is 0 Å². The zero-order chi connectivity index (χ0) is 14.1. The van der Waals surface area contributed by atoms with Crippen molar-refractivity contribution < 1.29 is 0 Å². The standard InChI is InChI=1S/C16H33N3/c1-5-14-12-18(4)10-7-11-19(14)16(13-17)9-6-8-15(16,2)3/h14H,5-13,17H2,1-4H3. The van der Waals surface area contributed by atoms with Crippen molar-refractivity contribution >= 4 is 0 Å². The van der Waals surface area contributed by atoms with Gasteiger partial charge in [0.25, 0.3) is 0 Å². The third kappa shape index (κ3) is 2.57. The second-order valence-electron chi connectivity index (χ2n) is 7.34. The summed E-state index contributed by atoms with van der Waals surface area (Å²) in [6.45, 7) is 11.7. The van der Waals surface area contributed by atoms with Gasteiger partial charge in [0.05, 0.1) is 0 Å². The van der Waals surface area contributed by atoms with Gasteiger partial charge in [0.15, 0.2) is 0 Å². The number of nitrogens with zero attached hydrogens (tertiary/aromatic N) is 2. The van der Waals surface area contributed by atoms with Gasteiger partial charge in [-0.3, -0.25) is 4.90 Å². The van der Waals surface area contributed by atoms with Crippen LogP contribution >= 0.6 is 0 Å². The molecule has 0 aromatic heterocycles. The van der Waals surface area contributed by atoms with Gasteiger partial charge in [-0.2, -0.15) is 0 Å². The van der Waals surface area contributed by atoms with E-state index in [2.05, 4.69) is 37.6 Å². The number of hydrogen-bond donors (Lipinski definition) is 1. The van der Waals surface area contributed by atoms with E-state index in [9.17, 15) is 0 Å². The van der Waals surface area contributed by atoms with E-state index in [1.807, 2.05) is 0 Å². The van der Waals surface area contributed by atoms with Crippen LogP contribution in [0.25, 0.3) is 0 Å². The Morgan fingerprint density at radius 1 is 1.16 bits per heavy atom. The molecule has 2 fully saturated rings. The lowest BCUT2D eigenvalue weighted by Crippen LogP contribution is -2.63. The number of hydrogen-bond acceptors (Lipinski definition) is 3. The van der Waals surface area contributed by atoms with E-state index in [0.29, 0.717) is 11.5 Å². The van der Waals surface area contributed by atoms with Crippen LogP contribution in [0, 0.1) is 5.41 Å². The number of likely N-dealkylation sites (N-methyl/N-ethyl adjacent to an activating group) is 1. The molecule has 0 amide bonds. The molecule has 2 atom stereocenters. The van der Waals surface area contributed by atoms with E-state index in [0.717, 1.165) is 6.54 Å². The molecular formula is C16H33N3. The molecule has 0 radical (unpaired) electrons. The van der Waals surface area contributed by atoms with Gasteiger partial charge >= 0.3 is 0 Å². The van der Waals surface area contributed by atoms with Gasteiger partial charge in [-0.05, 0) is 44.7 Å². The molecule has 0 bridgehead atoms. The van der Waals surface area contributed by atoms with E-state index in [-0.39, 0.29) is 5.54 Å². The van der Waals surface area contributed by atoms with Crippen molar-refractivity contribution in [2.24, 2.45) is 11.1 Å². The van der Waals surface area contributed by atoms with Gasteiger partial charge in [0.1, 0.15) is 0 Å². The fourth-order valence-electron chi connectivity index (χ4n) is 4.58. The molecule has 0 aromatic carbocycles. The zero-order valence-electron chi connectivity index (χ0n) is 13.4. The fraction of sp³-hybridized carbons (Fsp3) is 1.00. The molecule has 2 N–H and O–H groups in total. The topological polar surface area (TPSA) is 32.5 Å². The zero-order valence-corrected chi connectivity index (χ0v) is 13.4. The predicted octanol–water partition coefficient (Wildman–Crippen LogP) is 2.31. The van der Waals surface area contributed by atoms with Crippen LogP contribution in [0.3, 0.4) is 0 Å². The van der Waals surface area contributed by atoms with Crippen molar-refractivity contribution in [2.45, 2.75) is 64.5 Å². The van der Waals surface area contributed by atoms with Crippen molar-refractivity contribution in [2.75, 3.05) is 33.2 Å². The molecule has 1 aliphatic carbocycles. The van der Waals surface area contributed by atoms with Gasteiger partial charge < -0.3 is 10.6 Å². The summed E-state index contributed by atoms with van der Waals surface area (Å²) in [5.74, 6) is 0. The van der Waals surface area contributed by atoms with E-state index in [1.54, 1.807) is 0 Å². The monoisotopic (exact) mass is 267 g/mol. The largest absolute Gasteiger partial charge is 0.329 e. The van der Waals surface area contributed by atoms with Crippen LogP contribution in [-0.4, -0.2) is 54.6 Å². The third-order valence-corrected chi connectivity index (χ3v) is 5.91. The lowest BCUT2D eigenvalue weighted by Gasteiger charge is -2.52. The molecule has 1 saturated carbocycles.